The summed E-state index contributed by atoms with van der Waals surface area (Å²) in [5.74, 6) is -1.73. The van der Waals surface area contributed by atoms with E-state index in [0.717, 1.165) is 25.9 Å². The molecule has 2 aromatic rings. The van der Waals surface area contributed by atoms with Gasteiger partial charge in [-0.15, -0.1) is 0 Å². The van der Waals surface area contributed by atoms with E-state index in [9.17, 15) is 18.8 Å². The van der Waals surface area contributed by atoms with Crippen LogP contribution >= 0.6 is 0 Å². The molecule has 1 aromatic carbocycles. The molecule has 0 aliphatic carbocycles. The first kappa shape index (κ1) is 20.1. The van der Waals surface area contributed by atoms with Crippen molar-refractivity contribution in [2.45, 2.75) is 39.0 Å². The molecule has 158 valence electrons. The van der Waals surface area contributed by atoms with Gasteiger partial charge in [-0.1, -0.05) is 13.0 Å². The van der Waals surface area contributed by atoms with Crippen molar-refractivity contribution in [1.82, 2.24) is 9.97 Å². The molecule has 1 saturated heterocycles. The van der Waals surface area contributed by atoms with Crippen LogP contribution in [-0.2, 0) is 9.59 Å². The summed E-state index contributed by atoms with van der Waals surface area (Å²) in [7, 11) is 0. The van der Waals surface area contributed by atoms with Gasteiger partial charge >= 0.3 is 0 Å². The molecular weight excluding hydrogens is 389 g/mol. The summed E-state index contributed by atoms with van der Waals surface area (Å²) < 4.78 is 14.1. The van der Waals surface area contributed by atoms with E-state index < -0.39 is 29.1 Å². The summed E-state index contributed by atoms with van der Waals surface area (Å²) >= 11 is 0. The molecule has 1 fully saturated rings. The third-order valence-electron chi connectivity index (χ3n) is 5.59. The Bertz CT molecular complexity index is 1070. The van der Waals surface area contributed by atoms with E-state index in [4.69, 9.17) is 0 Å². The Labute approximate surface area is 172 Å². The number of amides is 2. The van der Waals surface area contributed by atoms with Gasteiger partial charge in [0.25, 0.3) is 5.56 Å². The summed E-state index contributed by atoms with van der Waals surface area (Å²) in [6.45, 7) is 5.39. The average Bonchev–Trinajstić information content (AvgIpc) is 2.69. The van der Waals surface area contributed by atoms with E-state index in [-0.39, 0.29) is 23.5 Å². The maximum absolute atomic E-state index is 14.1. The van der Waals surface area contributed by atoms with E-state index in [2.05, 4.69) is 27.5 Å². The first-order valence-corrected chi connectivity index (χ1v) is 10.1. The summed E-state index contributed by atoms with van der Waals surface area (Å²) in [5, 5.41) is 5.10. The lowest BCUT2D eigenvalue weighted by molar-refractivity contribution is -0.123. The molecule has 4 rings (SSSR count). The smallest absolute Gasteiger partial charge is 0.258 e. The normalized spacial score (nSPS) is 21.0. The number of aromatic amines is 1. The standard InChI is InChI=1S/C21H24FN5O3/c1-11-5-6-15(14(22)8-11)23-19(29)13-9-16(28)24-18-17(13)20(30)26-21(25-18)27-7-3-4-12(2)10-27/h5-6,8,12-13H,3-4,7,9-10H2,1-2H3,(H,23,29)(H2,24,25,26,28,30)/t12-,13+/m1/s1. The fourth-order valence-corrected chi connectivity index (χ4v) is 4.06. The number of piperidine rings is 1. The Kier molecular flexibility index (Phi) is 5.27. The number of rotatable bonds is 3. The molecule has 0 spiro atoms. The van der Waals surface area contributed by atoms with Crippen LogP contribution in [0.2, 0.25) is 0 Å². The van der Waals surface area contributed by atoms with E-state index >= 15 is 0 Å². The van der Waals surface area contributed by atoms with Gasteiger partial charge in [0.1, 0.15) is 11.6 Å². The van der Waals surface area contributed by atoms with Gasteiger partial charge in [0, 0.05) is 19.5 Å². The molecular formula is C21H24FN5O3. The maximum Gasteiger partial charge on any atom is 0.258 e. The third-order valence-corrected chi connectivity index (χ3v) is 5.59. The highest BCUT2D eigenvalue weighted by Crippen LogP contribution is 2.31. The Balaban J connectivity index is 1.65. The van der Waals surface area contributed by atoms with Gasteiger partial charge in [-0.25, -0.2) is 4.39 Å². The zero-order valence-corrected chi connectivity index (χ0v) is 16.9. The second kappa shape index (κ2) is 7.89. The maximum atomic E-state index is 14.1. The number of aryl methyl sites for hydroxylation is 1. The molecule has 0 bridgehead atoms. The van der Waals surface area contributed by atoms with Crippen molar-refractivity contribution in [1.29, 1.82) is 0 Å². The van der Waals surface area contributed by atoms with Gasteiger partial charge in [-0.05, 0) is 43.4 Å². The molecule has 9 heteroatoms. The third kappa shape index (κ3) is 3.92. The highest BCUT2D eigenvalue weighted by molar-refractivity contribution is 6.04. The van der Waals surface area contributed by atoms with E-state index in [1.807, 2.05) is 4.90 Å². The number of fused-ring (bicyclic) bond motifs is 1. The van der Waals surface area contributed by atoms with E-state index in [0.29, 0.717) is 17.4 Å². The number of anilines is 3. The van der Waals surface area contributed by atoms with Crippen molar-refractivity contribution >= 4 is 29.3 Å². The molecule has 2 aliphatic heterocycles. The Hall–Kier alpha value is -3.23. The summed E-state index contributed by atoms with van der Waals surface area (Å²) in [5.41, 5.74) is 0.334. The fraction of sp³-hybridized carbons (Fsp3) is 0.429. The molecule has 3 N–H and O–H groups in total. The van der Waals surface area contributed by atoms with Crippen molar-refractivity contribution in [3.8, 4) is 0 Å². The Morgan fingerprint density at radius 1 is 1.33 bits per heavy atom. The lowest BCUT2D eigenvalue weighted by Gasteiger charge is -2.32. The second-order valence-corrected chi connectivity index (χ2v) is 8.12. The van der Waals surface area contributed by atoms with Crippen LogP contribution in [-0.4, -0.2) is 34.9 Å². The number of H-pyrrole nitrogens is 1. The molecule has 30 heavy (non-hydrogen) atoms. The number of carbonyl (C=O) groups excluding carboxylic acids is 2. The molecule has 0 unspecified atom stereocenters. The van der Waals surface area contributed by atoms with Gasteiger partial charge in [0.05, 0.1) is 17.2 Å². The predicted molar refractivity (Wildman–Crippen MR) is 111 cm³/mol. The average molecular weight is 413 g/mol. The molecule has 2 amide bonds. The van der Waals surface area contributed by atoms with Crippen molar-refractivity contribution in [2.24, 2.45) is 5.92 Å². The van der Waals surface area contributed by atoms with E-state index in [1.165, 1.54) is 12.1 Å². The minimum Gasteiger partial charge on any atom is -0.342 e. The minimum absolute atomic E-state index is 0.00134. The van der Waals surface area contributed by atoms with Crippen LogP contribution < -0.4 is 21.1 Å². The second-order valence-electron chi connectivity index (χ2n) is 8.12. The van der Waals surface area contributed by atoms with Gasteiger partial charge in [-0.2, -0.15) is 4.98 Å². The van der Waals surface area contributed by atoms with Crippen LogP contribution in [0.3, 0.4) is 0 Å². The molecule has 2 aliphatic rings. The lowest BCUT2D eigenvalue weighted by Crippen LogP contribution is -2.40. The lowest BCUT2D eigenvalue weighted by atomic mass is 9.92. The highest BCUT2D eigenvalue weighted by atomic mass is 19.1. The topological polar surface area (TPSA) is 107 Å². The zero-order valence-electron chi connectivity index (χ0n) is 16.9. The Morgan fingerprint density at radius 2 is 2.13 bits per heavy atom. The first-order chi connectivity index (χ1) is 14.3. The summed E-state index contributed by atoms with van der Waals surface area (Å²) in [6.07, 6.45) is 1.89. The van der Waals surface area contributed by atoms with Crippen LogP contribution in [0.4, 0.5) is 21.8 Å². The van der Waals surface area contributed by atoms with Crippen LogP contribution in [0.1, 0.15) is 43.2 Å². The molecule has 8 nitrogen and oxygen atoms in total. The van der Waals surface area contributed by atoms with Gasteiger partial charge in [-0.3, -0.25) is 19.4 Å². The van der Waals surface area contributed by atoms with E-state index in [1.54, 1.807) is 13.0 Å². The molecule has 2 atom stereocenters. The molecule has 3 heterocycles. The number of hydrogen-bond donors (Lipinski definition) is 3. The number of halogens is 1. The van der Waals surface area contributed by atoms with Crippen molar-refractivity contribution in [3.63, 3.8) is 0 Å². The largest absolute Gasteiger partial charge is 0.342 e. The van der Waals surface area contributed by atoms with Crippen molar-refractivity contribution < 1.29 is 14.0 Å². The van der Waals surface area contributed by atoms with Crippen LogP contribution in [0.5, 0.6) is 0 Å². The quantitative estimate of drug-likeness (QED) is 0.717. The number of nitrogens with zero attached hydrogens (tertiary/aromatic N) is 2. The summed E-state index contributed by atoms with van der Waals surface area (Å²) in [4.78, 5) is 47.1. The van der Waals surface area contributed by atoms with Gasteiger partial charge < -0.3 is 15.5 Å². The molecule has 1 aromatic heterocycles. The van der Waals surface area contributed by atoms with Gasteiger partial charge in [0.15, 0.2) is 0 Å². The number of hydrogen-bond acceptors (Lipinski definition) is 5. The van der Waals surface area contributed by atoms with Crippen molar-refractivity contribution in [2.75, 3.05) is 28.6 Å². The molecule has 0 radical (unpaired) electrons. The zero-order chi connectivity index (χ0) is 21.4. The first-order valence-electron chi connectivity index (χ1n) is 10.1. The summed E-state index contributed by atoms with van der Waals surface area (Å²) in [6, 6.07) is 4.42. The number of nitrogens with one attached hydrogen (secondary N) is 3. The fourth-order valence-electron chi connectivity index (χ4n) is 4.06. The predicted octanol–water partition coefficient (Wildman–Crippen LogP) is 2.52. The van der Waals surface area contributed by atoms with Crippen LogP contribution in [0, 0.1) is 18.7 Å². The monoisotopic (exact) mass is 413 g/mol. The SMILES string of the molecule is Cc1ccc(NC(=O)[C@H]2CC(=O)Nc3nc(N4CCC[C@@H](C)C4)[nH]c(=O)c32)c(F)c1. The number of benzene rings is 1. The molecule has 0 saturated carbocycles. The number of carbonyl (C=O) groups is 2. The number of aromatic nitrogens is 2. The Morgan fingerprint density at radius 3 is 2.87 bits per heavy atom. The van der Waals surface area contributed by atoms with Crippen molar-refractivity contribution in [3.05, 3.63) is 45.5 Å². The highest BCUT2D eigenvalue weighted by Gasteiger charge is 2.35. The van der Waals surface area contributed by atoms with Crippen LogP contribution in [0.15, 0.2) is 23.0 Å². The van der Waals surface area contributed by atoms with Crippen LogP contribution in [0.25, 0.3) is 0 Å². The van der Waals surface area contributed by atoms with Gasteiger partial charge in [0.2, 0.25) is 17.8 Å². The minimum atomic E-state index is -1.06.